The smallest absolute Gasteiger partial charge is 0.300 e. The maximum atomic E-state index is 12.6. The van der Waals surface area contributed by atoms with Gasteiger partial charge in [0.25, 0.3) is 5.97 Å². The summed E-state index contributed by atoms with van der Waals surface area (Å²) in [5.74, 6) is 0.940. The van der Waals surface area contributed by atoms with E-state index in [2.05, 4.69) is 9.88 Å². The van der Waals surface area contributed by atoms with Crippen LogP contribution in [-0.2, 0) is 16.0 Å². The number of nitrogens with zero attached hydrogens (tertiary/aromatic N) is 3. The van der Waals surface area contributed by atoms with Crippen molar-refractivity contribution in [2.75, 3.05) is 44.2 Å². The Hall–Kier alpha value is -2.84. The fraction of sp³-hybridized carbons (Fsp3) is 0.381. The van der Waals surface area contributed by atoms with Crippen molar-refractivity contribution >= 4 is 29.3 Å². The highest BCUT2D eigenvalue weighted by atomic mass is 35.5. The molecular formula is C21H27ClN4O4. The molecule has 162 valence electrons. The first-order valence-electron chi connectivity index (χ1n) is 9.64. The van der Waals surface area contributed by atoms with Gasteiger partial charge in [0.1, 0.15) is 18.2 Å². The van der Waals surface area contributed by atoms with E-state index in [4.69, 9.17) is 32.0 Å². The Balaban J connectivity index is 0.000000735. The number of halogens is 1. The zero-order valence-electron chi connectivity index (χ0n) is 17.0. The number of nitrogens with two attached hydrogens (primary N) is 1. The first-order valence-corrected chi connectivity index (χ1v) is 10.0. The summed E-state index contributed by atoms with van der Waals surface area (Å²) >= 11 is 5.88. The minimum atomic E-state index is -0.833. The highest BCUT2D eigenvalue weighted by Crippen LogP contribution is 2.18. The van der Waals surface area contributed by atoms with Crippen molar-refractivity contribution < 1.29 is 19.4 Å². The number of carbonyl (C=O) groups excluding carboxylic acids is 1. The number of ether oxygens (including phenoxy) is 1. The Kier molecular flexibility index (Phi) is 9.37. The number of rotatable bonds is 6. The van der Waals surface area contributed by atoms with Crippen LogP contribution in [0.3, 0.4) is 0 Å². The summed E-state index contributed by atoms with van der Waals surface area (Å²) in [6.45, 7) is 4.92. The van der Waals surface area contributed by atoms with E-state index >= 15 is 0 Å². The minimum absolute atomic E-state index is 0.129. The second-order valence-electron chi connectivity index (χ2n) is 6.68. The molecule has 9 heteroatoms. The lowest BCUT2D eigenvalue weighted by molar-refractivity contribution is -0.134. The van der Waals surface area contributed by atoms with Crippen LogP contribution in [0, 0.1) is 0 Å². The van der Waals surface area contributed by atoms with Gasteiger partial charge in [-0.2, -0.15) is 0 Å². The molecule has 2 aromatic rings. The van der Waals surface area contributed by atoms with E-state index in [0.29, 0.717) is 37.7 Å². The molecule has 3 rings (SSSR count). The fourth-order valence-corrected chi connectivity index (χ4v) is 3.06. The van der Waals surface area contributed by atoms with Crippen LogP contribution in [0.1, 0.15) is 12.5 Å². The maximum absolute atomic E-state index is 12.6. The molecule has 0 spiro atoms. The third kappa shape index (κ3) is 7.88. The quantitative estimate of drug-likeness (QED) is 0.716. The van der Waals surface area contributed by atoms with Gasteiger partial charge < -0.3 is 25.4 Å². The van der Waals surface area contributed by atoms with Gasteiger partial charge in [0.15, 0.2) is 0 Å². The molecule has 1 amide bonds. The zero-order chi connectivity index (χ0) is 21.9. The summed E-state index contributed by atoms with van der Waals surface area (Å²) in [5, 5.41) is 8.04. The van der Waals surface area contributed by atoms with Gasteiger partial charge in [0.05, 0.1) is 11.4 Å². The van der Waals surface area contributed by atoms with Crippen LogP contribution >= 0.6 is 11.6 Å². The van der Waals surface area contributed by atoms with Crippen LogP contribution in [0.15, 0.2) is 42.6 Å². The third-order valence-electron chi connectivity index (χ3n) is 4.31. The van der Waals surface area contributed by atoms with Crippen molar-refractivity contribution in [2.24, 2.45) is 5.73 Å². The van der Waals surface area contributed by atoms with Gasteiger partial charge in [-0.15, -0.1) is 0 Å². The van der Waals surface area contributed by atoms with E-state index in [9.17, 15) is 4.79 Å². The van der Waals surface area contributed by atoms with Crippen molar-refractivity contribution in [3.05, 3.63) is 53.2 Å². The van der Waals surface area contributed by atoms with E-state index < -0.39 is 5.97 Å². The molecule has 0 unspecified atom stereocenters. The molecule has 1 saturated heterocycles. The molecule has 0 radical (unpaired) electrons. The lowest BCUT2D eigenvalue weighted by atomic mass is 10.1. The molecule has 0 atom stereocenters. The number of pyridine rings is 1. The predicted octanol–water partition coefficient (Wildman–Crippen LogP) is 2.05. The van der Waals surface area contributed by atoms with E-state index in [1.165, 1.54) is 0 Å². The Morgan fingerprint density at radius 2 is 1.90 bits per heavy atom. The van der Waals surface area contributed by atoms with E-state index in [-0.39, 0.29) is 5.91 Å². The first kappa shape index (κ1) is 23.4. The second kappa shape index (κ2) is 12.0. The highest BCUT2D eigenvalue weighted by molar-refractivity contribution is 6.30. The van der Waals surface area contributed by atoms with Crippen LogP contribution in [0.4, 0.5) is 5.82 Å². The number of carboxylic acids is 1. The van der Waals surface area contributed by atoms with Gasteiger partial charge in [0, 0.05) is 45.8 Å². The normalized spacial score (nSPS) is 13.3. The van der Waals surface area contributed by atoms with Crippen molar-refractivity contribution in [1.29, 1.82) is 0 Å². The van der Waals surface area contributed by atoms with Crippen LogP contribution in [0.5, 0.6) is 5.75 Å². The SMILES string of the molecule is CC(=O)O.NCCOc1cccc(CC(=O)N2CCN(c3ccc(Cl)cn3)CC2)c1. The molecule has 2 heterocycles. The summed E-state index contributed by atoms with van der Waals surface area (Å²) in [7, 11) is 0. The molecule has 8 nitrogen and oxygen atoms in total. The van der Waals surface area contributed by atoms with Crippen LogP contribution in [0.25, 0.3) is 0 Å². The van der Waals surface area contributed by atoms with Crippen molar-refractivity contribution in [2.45, 2.75) is 13.3 Å². The number of aromatic nitrogens is 1. The number of hydrogen-bond acceptors (Lipinski definition) is 6. The number of benzene rings is 1. The third-order valence-corrected chi connectivity index (χ3v) is 4.53. The number of aliphatic carboxylic acids is 1. The molecule has 0 bridgehead atoms. The molecule has 0 aliphatic carbocycles. The van der Waals surface area contributed by atoms with Gasteiger partial charge in [0.2, 0.25) is 5.91 Å². The Labute approximate surface area is 181 Å². The fourth-order valence-electron chi connectivity index (χ4n) is 2.95. The summed E-state index contributed by atoms with van der Waals surface area (Å²) in [6.07, 6.45) is 2.02. The molecule has 30 heavy (non-hydrogen) atoms. The largest absolute Gasteiger partial charge is 0.492 e. The highest BCUT2D eigenvalue weighted by Gasteiger charge is 2.22. The standard InChI is InChI=1S/C19H23ClN4O2.C2H4O2/c20-16-4-5-18(22-14-16)23-7-9-24(10-8-23)19(25)13-15-2-1-3-17(12-15)26-11-6-21;1-2(3)4/h1-5,12,14H,6-11,13,21H2;1H3,(H,3,4). The lowest BCUT2D eigenvalue weighted by Gasteiger charge is -2.35. The summed E-state index contributed by atoms with van der Waals surface area (Å²) < 4.78 is 5.52. The van der Waals surface area contributed by atoms with E-state index in [1.54, 1.807) is 6.20 Å². The van der Waals surface area contributed by atoms with E-state index in [0.717, 1.165) is 37.1 Å². The lowest BCUT2D eigenvalue weighted by Crippen LogP contribution is -2.49. The number of carbonyl (C=O) groups is 2. The number of carboxylic acid groups (broad SMARTS) is 1. The molecule has 1 aromatic heterocycles. The molecule has 1 aromatic carbocycles. The van der Waals surface area contributed by atoms with Crippen molar-refractivity contribution in [3.8, 4) is 5.75 Å². The van der Waals surface area contributed by atoms with E-state index in [1.807, 2.05) is 41.3 Å². The number of amides is 1. The summed E-state index contributed by atoms with van der Waals surface area (Å²) in [5.41, 5.74) is 6.40. The van der Waals surface area contributed by atoms with Gasteiger partial charge in [-0.05, 0) is 29.8 Å². The predicted molar refractivity (Wildman–Crippen MR) is 116 cm³/mol. The molecule has 3 N–H and O–H groups in total. The Morgan fingerprint density at radius 3 is 2.50 bits per heavy atom. The van der Waals surface area contributed by atoms with Crippen LogP contribution in [-0.4, -0.2) is 66.2 Å². The van der Waals surface area contributed by atoms with Crippen molar-refractivity contribution in [3.63, 3.8) is 0 Å². The second-order valence-corrected chi connectivity index (χ2v) is 7.12. The minimum Gasteiger partial charge on any atom is -0.492 e. The monoisotopic (exact) mass is 434 g/mol. The molecule has 1 fully saturated rings. The Morgan fingerprint density at radius 1 is 1.20 bits per heavy atom. The van der Waals surface area contributed by atoms with Crippen LogP contribution in [0.2, 0.25) is 5.02 Å². The van der Waals surface area contributed by atoms with Crippen LogP contribution < -0.4 is 15.4 Å². The number of anilines is 1. The van der Waals surface area contributed by atoms with Gasteiger partial charge >= 0.3 is 0 Å². The van der Waals surface area contributed by atoms with Gasteiger partial charge in [-0.25, -0.2) is 4.98 Å². The number of hydrogen-bond donors (Lipinski definition) is 2. The molecule has 1 aliphatic rings. The molecular weight excluding hydrogens is 408 g/mol. The summed E-state index contributed by atoms with van der Waals surface area (Å²) in [4.78, 5) is 30.0. The zero-order valence-corrected chi connectivity index (χ0v) is 17.7. The average Bonchev–Trinajstić information content (AvgIpc) is 2.73. The summed E-state index contributed by atoms with van der Waals surface area (Å²) in [6, 6.07) is 11.4. The number of piperazine rings is 1. The average molecular weight is 435 g/mol. The maximum Gasteiger partial charge on any atom is 0.300 e. The first-order chi connectivity index (χ1) is 14.4. The topological polar surface area (TPSA) is 109 Å². The molecule has 0 saturated carbocycles. The van der Waals surface area contributed by atoms with Gasteiger partial charge in [-0.3, -0.25) is 9.59 Å². The van der Waals surface area contributed by atoms with Crippen molar-refractivity contribution in [1.82, 2.24) is 9.88 Å². The van der Waals surface area contributed by atoms with Gasteiger partial charge in [-0.1, -0.05) is 23.7 Å². The Bertz CT molecular complexity index is 820. The molecule has 1 aliphatic heterocycles.